The van der Waals surface area contributed by atoms with Crippen LogP contribution in [-0.4, -0.2) is 250 Å². The summed E-state index contributed by atoms with van der Waals surface area (Å²) in [5.41, 5.74) is 12.3. The highest BCUT2D eigenvalue weighted by molar-refractivity contribution is 6.03. The second kappa shape index (κ2) is 62.0. The molecule has 4 rings (SSSR count). The van der Waals surface area contributed by atoms with Gasteiger partial charge in [0, 0.05) is 152 Å². The summed E-state index contributed by atoms with van der Waals surface area (Å²) in [5.74, 6) is -30.1. The second-order valence-electron chi connectivity index (χ2n) is 39.7. The standard InChI is InChI=1S/C100H155N17O25/c1-15-58(11)70-49-82(124)75(114-94(137)64(27-31-89(131)132)43-83(125)77-23-20-36-117(77)99(142)76(41-61-24-28-68(119)29-25-61)110-88(130)53-109-87(129)52-108-60(13)118)50-86(128)106-33-18-17-21-71(112-96(139)67(47-90(133)134)45-80(122)74(39-56(7)8)115-98(70)141)78(120)44-66(40-62-32-35-105-51-62)95(138)113-73(38-55(5)6)79(121)42-63(26-30-85(101)127)93(136)111-72(22-19-34-107-100(102)103)81(123)48-69(57(9)10)97(140)116-91(59(12)16-2)84(126)46-65(37-54(3)4)92(135)104-14/h24-25,28-29,35,51,54-59,63-67,69-77,91,119H,15-23,26-27,30-34,36-50,52-53H2,1-14H3,(H2,101,127)(H,104,135)(H,106,128)(H,108,118)(H,109,129)(H,110,130)(H,111,136)(H,112,139)(H,113,138)(H,114,137)(H,115,141)(H,116,140)(H,131,132)(H,133,134)(H4,102,103,107)/t58-,59-,63?,64?,65?,66?,67-,69?,70?,71-,72?,73?,74-,75?,76-,77-,91?/m0/s1. The van der Waals surface area contributed by atoms with E-state index in [9.17, 15) is 102 Å². The van der Waals surface area contributed by atoms with Gasteiger partial charge in [-0.05, 0) is 142 Å². The Bertz CT molecular complexity index is 4650. The van der Waals surface area contributed by atoms with Gasteiger partial charge in [0.2, 0.25) is 76.8 Å². The molecule has 2 saturated heterocycles. The first-order valence-corrected chi connectivity index (χ1v) is 49.7. The summed E-state index contributed by atoms with van der Waals surface area (Å²) >= 11 is 0. The molecule has 17 atom stereocenters. The van der Waals surface area contributed by atoms with E-state index in [4.69, 9.17) is 16.9 Å². The van der Waals surface area contributed by atoms with Gasteiger partial charge in [0.15, 0.2) is 46.4 Å². The van der Waals surface area contributed by atoms with Crippen molar-refractivity contribution < 1.29 is 121 Å². The van der Waals surface area contributed by atoms with Gasteiger partial charge in [-0.3, -0.25) is 116 Å². The van der Waals surface area contributed by atoms with E-state index in [-0.39, 0.29) is 157 Å². The minimum atomic E-state index is -1.80. The van der Waals surface area contributed by atoms with Gasteiger partial charge in [0.25, 0.3) is 0 Å². The predicted molar refractivity (Wildman–Crippen MR) is 524 cm³/mol. The molecule has 3 heterocycles. The molecule has 790 valence electrons. The summed E-state index contributed by atoms with van der Waals surface area (Å²) in [6.45, 7) is 21.0. The number of hydrogen-bond acceptors (Lipinski definition) is 25. The Morgan fingerprint density at radius 2 is 1.21 bits per heavy atom. The first kappa shape index (κ1) is 122. The van der Waals surface area contributed by atoms with Crippen LogP contribution < -0.4 is 75.3 Å². The Balaban J connectivity index is 1.75. The Labute approximate surface area is 831 Å². The molecule has 0 aliphatic carbocycles. The molecule has 0 bridgehead atoms. The van der Waals surface area contributed by atoms with Gasteiger partial charge in [0.1, 0.15) is 11.8 Å². The van der Waals surface area contributed by atoms with Crippen LogP contribution in [0, 0.1) is 82.3 Å². The maximum atomic E-state index is 15.4. The number of phenols is 1. The van der Waals surface area contributed by atoms with Crippen LogP contribution in [0.3, 0.4) is 0 Å². The summed E-state index contributed by atoms with van der Waals surface area (Å²) in [6.07, 6.45) is -4.21. The number of ketones is 7. The van der Waals surface area contributed by atoms with Gasteiger partial charge in [-0.25, -0.2) is 0 Å². The zero-order chi connectivity index (χ0) is 106. The number of carboxylic acid groups (broad SMARTS) is 2. The molecule has 0 radical (unpaired) electrons. The van der Waals surface area contributed by atoms with Crippen molar-refractivity contribution in [3.05, 3.63) is 41.6 Å². The fourth-order valence-electron chi connectivity index (χ4n) is 17.6. The Morgan fingerprint density at radius 3 is 1.80 bits per heavy atom. The number of carbonyl (C=O) groups is 22. The summed E-state index contributed by atoms with van der Waals surface area (Å²) in [4.78, 5) is 316. The molecule has 3 aliphatic rings. The Kier molecular flexibility index (Phi) is 53.1. The van der Waals surface area contributed by atoms with Crippen LogP contribution in [-0.2, 0) is 112 Å². The smallest absolute Gasteiger partial charge is 0.304 e. The third-order valence-corrected chi connectivity index (χ3v) is 26.1. The lowest BCUT2D eigenvalue weighted by molar-refractivity contribution is -0.143. The monoisotopic (exact) mass is 1990 g/mol. The quantitative estimate of drug-likeness (QED) is 0.0252. The van der Waals surface area contributed by atoms with Crippen molar-refractivity contribution in [2.24, 2.45) is 93.4 Å². The number of amides is 13. The third kappa shape index (κ3) is 43.9. The highest BCUT2D eigenvalue weighted by Crippen LogP contribution is 2.32. The van der Waals surface area contributed by atoms with Crippen LogP contribution in [0.5, 0.6) is 5.75 Å². The Hall–Kier alpha value is -12.6. The van der Waals surface area contributed by atoms with Gasteiger partial charge >= 0.3 is 11.9 Å². The minimum absolute atomic E-state index is 0.00525. The van der Waals surface area contributed by atoms with E-state index in [2.05, 4.69) is 68.8 Å². The number of phenolic OH excluding ortho intramolecular Hbond substituents is 1. The van der Waals surface area contributed by atoms with Crippen LogP contribution in [0.1, 0.15) is 269 Å². The molecular weight excluding hydrogens is 1840 g/mol. The number of aromatic hydroxyl groups is 1. The molecule has 13 amide bonds. The number of carboxylic acids is 2. The molecule has 142 heavy (non-hydrogen) atoms. The molecule has 42 nitrogen and oxygen atoms in total. The van der Waals surface area contributed by atoms with Gasteiger partial charge < -0.3 is 95.5 Å². The average Bonchev–Trinajstić information content (AvgIpc) is 1.66. The van der Waals surface area contributed by atoms with E-state index in [0.717, 1.165) is 0 Å². The third-order valence-electron chi connectivity index (χ3n) is 26.1. The zero-order valence-electron chi connectivity index (χ0n) is 84.8. The molecule has 0 saturated carbocycles. The number of aliphatic imine (C=N–C) groups is 1. The number of nitrogens with zero attached hydrogens (tertiary/aromatic N) is 2. The number of rotatable bonds is 57. The van der Waals surface area contributed by atoms with E-state index in [1.807, 2.05) is 20.8 Å². The number of nitrogens with one attached hydrogen (secondary N) is 13. The molecule has 42 heteroatoms. The van der Waals surface area contributed by atoms with Crippen molar-refractivity contribution in [1.82, 2.24) is 68.7 Å². The molecular formula is C100H155N17O25. The number of likely N-dealkylation sites (tertiary alicyclic amines) is 1. The van der Waals surface area contributed by atoms with Crippen molar-refractivity contribution in [1.29, 1.82) is 5.41 Å². The topological polar surface area (TPSA) is 672 Å². The fraction of sp³-hybridized carbons (Fsp3) is 0.680. The maximum absolute atomic E-state index is 15.4. The number of benzene rings is 1. The molecule has 2 fully saturated rings. The number of primary amides is 1. The first-order valence-electron chi connectivity index (χ1n) is 49.7. The highest BCUT2D eigenvalue weighted by atomic mass is 16.4. The number of carbonyl (C=O) groups excluding carboxylic acids is 20. The highest BCUT2D eigenvalue weighted by Gasteiger charge is 2.44. The maximum Gasteiger partial charge on any atom is 0.304 e. The number of nitrogens with two attached hydrogens (primary N) is 2. The summed E-state index contributed by atoms with van der Waals surface area (Å²) in [5, 5.41) is 69.8. The van der Waals surface area contributed by atoms with Crippen LogP contribution in [0.2, 0.25) is 0 Å². The number of guanidine groups is 1. The molecule has 10 unspecified atom stereocenters. The molecule has 3 aliphatic heterocycles. The molecule has 0 spiro atoms. The van der Waals surface area contributed by atoms with Crippen LogP contribution in [0.4, 0.5) is 0 Å². The Morgan fingerprint density at radius 1 is 0.585 bits per heavy atom. The predicted octanol–water partition coefficient (Wildman–Crippen LogP) is 3.54. The number of Topliss-reactive ketones (excluding diaryl/α,β-unsaturated/α-hetero) is 7. The van der Waals surface area contributed by atoms with Gasteiger partial charge in [-0.15, -0.1) is 0 Å². The van der Waals surface area contributed by atoms with Gasteiger partial charge in [0.05, 0.1) is 74.1 Å². The lowest BCUT2D eigenvalue weighted by atomic mass is 9.83. The van der Waals surface area contributed by atoms with E-state index < -0.39 is 309 Å². The number of allylic oxidation sites excluding steroid dienone is 1. The second-order valence-corrected chi connectivity index (χ2v) is 39.7. The molecule has 20 N–H and O–H groups in total. The lowest BCUT2D eigenvalue weighted by Gasteiger charge is -2.30. The van der Waals surface area contributed by atoms with E-state index in [0.29, 0.717) is 24.0 Å². The van der Waals surface area contributed by atoms with Crippen molar-refractivity contribution in [2.75, 3.05) is 39.8 Å². The van der Waals surface area contributed by atoms with Crippen LogP contribution in [0.15, 0.2) is 41.0 Å². The number of aliphatic carboxylic acids is 2. The molecule has 0 aromatic heterocycles. The summed E-state index contributed by atoms with van der Waals surface area (Å²) in [6, 6.07) is -5.65. The van der Waals surface area contributed by atoms with E-state index >= 15 is 19.2 Å². The average molecular weight is 2000 g/mol. The van der Waals surface area contributed by atoms with Crippen molar-refractivity contribution in [3.63, 3.8) is 0 Å². The first-order chi connectivity index (χ1) is 66.8. The van der Waals surface area contributed by atoms with Crippen molar-refractivity contribution >= 4 is 141 Å². The van der Waals surface area contributed by atoms with Gasteiger partial charge in [-0.1, -0.05) is 108 Å². The summed E-state index contributed by atoms with van der Waals surface area (Å²) < 4.78 is 0. The fourth-order valence-corrected chi connectivity index (χ4v) is 17.6. The SMILES string of the molecule is CC[C@H](C)C1CC(=O)C(NC(=O)C(CCC(=O)O)CC(=O)[C@@H]2CCCN2C(=O)[C@H](Cc2ccc(O)cc2)NC(=O)CNC(=O)CNC(C)=O)CC(=O)NCCCC[C@@H](C(=O)CC(CC2=CN=CC2)C(=O)NC(CC(C)C)C(=O)CC(CCC(N)=O)C(=O)NC(CCCNC(=N)N)C(=O)CC(C(=O)NC(C(=O)CC(CC(C)C)C(=O)NC)[C@@H](C)CC)C(C)C)NC(=O)[C@H](CC(=O)O)CC(=O)[C@H](CC(C)C)NC1=O. The van der Waals surface area contributed by atoms with Gasteiger partial charge in [-0.2, -0.15) is 0 Å². The minimum Gasteiger partial charge on any atom is -0.508 e. The van der Waals surface area contributed by atoms with E-state index in [1.165, 1.54) is 49.3 Å². The normalized spacial score (nSPS) is 19.6. The van der Waals surface area contributed by atoms with Crippen LogP contribution >= 0.6 is 0 Å². The van der Waals surface area contributed by atoms with Crippen molar-refractivity contribution in [3.8, 4) is 5.75 Å². The lowest BCUT2D eigenvalue weighted by Crippen LogP contribution is -2.54. The largest absolute Gasteiger partial charge is 0.508 e. The summed E-state index contributed by atoms with van der Waals surface area (Å²) in [7, 11) is 1.47. The van der Waals surface area contributed by atoms with Crippen LogP contribution in [0.25, 0.3) is 0 Å². The zero-order valence-corrected chi connectivity index (χ0v) is 84.8. The number of hydrogen-bond donors (Lipinski definition) is 18. The molecule has 1 aromatic carbocycles. The molecule has 1 aromatic rings. The van der Waals surface area contributed by atoms with E-state index in [1.54, 1.807) is 68.5 Å². The van der Waals surface area contributed by atoms with Crippen molar-refractivity contribution in [2.45, 2.75) is 318 Å².